The lowest BCUT2D eigenvalue weighted by Gasteiger charge is -2.10. The molecule has 0 aliphatic heterocycles. The predicted molar refractivity (Wildman–Crippen MR) is 64.1 cm³/mol. The van der Waals surface area contributed by atoms with Gasteiger partial charge in [0.2, 0.25) is 0 Å². The zero-order valence-corrected chi connectivity index (χ0v) is 10.2. The second-order valence-corrected chi connectivity index (χ2v) is 3.41. The molecule has 1 aromatic carbocycles. The number of hydrogen-bond acceptors (Lipinski definition) is 4. The van der Waals surface area contributed by atoms with Crippen LogP contribution in [0.25, 0.3) is 0 Å². The fraction of sp³-hybridized carbons (Fsp3) is 0.333. The average molecular weight is 253 g/mol. The highest BCUT2D eigenvalue weighted by Gasteiger charge is 2.13. The number of carbonyl (C=O) groups is 2. The Bertz CT molecular complexity index is 444. The van der Waals surface area contributed by atoms with Crippen molar-refractivity contribution in [3.05, 3.63) is 23.8 Å². The Morgan fingerprint density at radius 1 is 1.39 bits per heavy atom. The highest BCUT2D eigenvalue weighted by Crippen LogP contribution is 2.24. The quantitative estimate of drug-likeness (QED) is 0.787. The maximum absolute atomic E-state index is 11.2. The van der Waals surface area contributed by atoms with E-state index in [-0.39, 0.29) is 23.8 Å². The molecule has 0 atom stereocenters. The standard InChI is InChI=1S/C12H15NO5/c1-3-13-11(14)7-18-10-6-8(17-2)4-5-9(10)12(15)16/h4-6H,3,7H2,1-2H3,(H,13,14)(H,15,16). The largest absolute Gasteiger partial charge is 0.497 e. The molecule has 2 N–H and O–H groups in total. The van der Waals surface area contributed by atoms with E-state index in [4.69, 9.17) is 14.6 Å². The molecule has 18 heavy (non-hydrogen) atoms. The molecular formula is C12H15NO5. The topological polar surface area (TPSA) is 84.9 Å². The molecule has 0 aliphatic carbocycles. The number of likely N-dealkylation sites (N-methyl/N-ethyl adjacent to an activating group) is 1. The molecule has 1 aromatic rings. The van der Waals surface area contributed by atoms with Gasteiger partial charge in [-0.15, -0.1) is 0 Å². The van der Waals surface area contributed by atoms with Gasteiger partial charge in [0.15, 0.2) is 6.61 Å². The third-order valence-electron chi connectivity index (χ3n) is 2.15. The first-order valence-corrected chi connectivity index (χ1v) is 5.39. The highest BCUT2D eigenvalue weighted by molar-refractivity contribution is 5.91. The van der Waals surface area contributed by atoms with Gasteiger partial charge in [-0.3, -0.25) is 4.79 Å². The number of rotatable bonds is 6. The Morgan fingerprint density at radius 3 is 2.67 bits per heavy atom. The molecule has 0 unspecified atom stereocenters. The van der Waals surface area contributed by atoms with Crippen molar-refractivity contribution in [3.8, 4) is 11.5 Å². The van der Waals surface area contributed by atoms with Crippen molar-refractivity contribution in [2.75, 3.05) is 20.3 Å². The number of methoxy groups -OCH3 is 1. The van der Waals surface area contributed by atoms with Crippen LogP contribution in [0.4, 0.5) is 0 Å². The maximum Gasteiger partial charge on any atom is 0.339 e. The van der Waals surface area contributed by atoms with Gasteiger partial charge < -0.3 is 19.9 Å². The average Bonchev–Trinajstić information content (AvgIpc) is 2.36. The van der Waals surface area contributed by atoms with Crippen molar-refractivity contribution in [1.29, 1.82) is 0 Å². The summed E-state index contributed by atoms with van der Waals surface area (Å²) in [6.07, 6.45) is 0. The molecule has 0 spiro atoms. The molecule has 0 fully saturated rings. The summed E-state index contributed by atoms with van der Waals surface area (Å²) in [6, 6.07) is 4.32. The van der Waals surface area contributed by atoms with Crippen molar-refractivity contribution in [2.24, 2.45) is 0 Å². The van der Waals surface area contributed by atoms with E-state index in [1.54, 1.807) is 6.92 Å². The summed E-state index contributed by atoms with van der Waals surface area (Å²) in [7, 11) is 1.46. The smallest absolute Gasteiger partial charge is 0.339 e. The summed E-state index contributed by atoms with van der Waals surface area (Å²) in [6.45, 7) is 2.04. The van der Waals surface area contributed by atoms with E-state index < -0.39 is 5.97 Å². The normalized spacial score (nSPS) is 9.67. The molecule has 0 radical (unpaired) electrons. The molecule has 0 bridgehead atoms. The minimum atomic E-state index is -1.12. The van der Waals surface area contributed by atoms with E-state index in [1.807, 2.05) is 0 Å². The van der Waals surface area contributed by atoms with Crippen LogP contribution in [0.5, 0.6) is 11.5 Å². The molecule has 0 aliphatic rings. The highest BCUT2D eigenvalue weighted by atomic mass is 16.5. The van der Waals surface area contributed by atoms with Crippen LogP contribution in [0.15, 0.2) is 18.2 Å². The Hall–Kier alpha value is -2.24. The van der Waals surface area contributed by atoms with Gasteiger partial charge >= 0.3 is 5.97 Å². The summed E-state index contributed by atoms with van der Waals surface area (Å²) in [4.78, 5) is 22.2. The van der Waals surface area contributed by atoms with Crippen molar-refractivity contribution >= 4 is 11.9 Å². The lowest BCUT2D eigenvalue weighted by Crippen LogP contribution is -2.28. The molecule has 1 amide bonds. The van der Waals surface area contributed by atoms with Crippen LogP contribution in [-0.4, -0.2) is 37.2 Å². The number of carbonyl (C=O) groups excluding carboxylic acids is 1. The van der Waals surface area contributed by atoms with Crippen molar-refractivity contribution in [2.45, 2.75) is 6.92 Å². The van der Waals surface area contributed by atoms with E-state index in [9.17, 15) is 9.59 Å². The lowest BCUT2D eigenvalue weighted by atomic mass is 10.2. The summed E-state index contributed by atoms with van der Waals surface area (Å²) >= 11 is 0. The fourth-order valence-electron chi connectivity index (χ4n) is 1.32. The molecule has 98 valence electrons. The Kier molecular flexibility index (Phi) is 4.98. The molecule has 1 rings (SSSR count). The van der Waals surface area contributed by atoms with Gasteiger partial charge in [-0.05, 0) is 19.1 Å². The van der Waals surface area contributed by atoms with E-state index in [0.29, 0.717) is 12.3 Å². The molecule has 6 nitrogen and oxygen atoms in total. The molecule has 0 heterocycles. The number of ether oxygens (including phenoxy) is 2. The lowest BCUT2D eigenvalue weighted by molar-refractivity contribution is -0.123. The molecule has 6 heteroatoms. The zero-order chi connectivity index (χ0) is 13.5. The minimum absolute atomic E-state index is 0.0138. The Balaban J connectivity index is 2.84. The summed E-state index contributed by atoms with van der Waals surface area (Å²) in [5.41, 5.74) is -0.0138. The Labute approximate surface area is 105 Å². The first-order valence-electron chi connectivity index (χ1n) is 5.39. The first-order chi connectivity index (χ1) is 8.58. The van der Waals surface area contributed by atoms with E-state index in [2.05, 4.69) is 5.32 Å². The third kappa shape index (κ3) is 3.65. The van der Waals surface area contributed by atoms with Crippen molar-refractivity contribution in [3.63, 3.8) is 0 Å². The summed E-state index contributed by atoms with van der Waals surface area (Å²) in [5.74, 6) is -0.862. The SMILES string of the molecule is CCNC(=O)COc1cc(OC)ccc1C(=O)O. The molecule has 0 aromatic heterocycles. The zero-order valence-electron chi connectivity index (χ0n) is 10.2. The molecular weight excluding hydrogens is 238 g/mol. The van der Waals surface area contributed by atoms with Crippen LogP contribution in [0.3, 0.4) is 0 Å². The monoisotopic (exact) mass is 253 g/mol. The van der Waals surface area contributed by atoms with Crippen LogP contribution < -0.4 is 14.8 Å². The second kappa shape index (κ2) is 6.48. The second-order valence-electron chi connectivity index (χ2n) is 3.41. The minimum Gasteiger partial charge on any atom is -0.497 e. The molecule has 0 saturated heterocycles. The van der Waals surface area contributed by atoms with E-state index in [0.717, 1.165) is 0 Å². The number of amides is 1. The van der Waals surface area contributed by atoms with Crippen LogP contribution in [0, 0.1) is 0 Å². The first kappa shape index (κ1) is 13.8. The van der Waals surface area contributed by atoms with E-state index >= 15 is 0 Å². The van der Waals surface area contributed by atoms with Crippen molar-refractivity contribution < 1.29 is 24.2 Å². The van der Waals surface area contributed by atoms with Gasteiger partial charge in [-0.25, -0.2) is 4.79 Å². The fourth-order valence-corrected chi connectivity index (χ4v) is 1.32. The number of carboxylic acid groups (broad SMARTS) is 1. The maximum atomic E-state index is 11.2. The number of carboxylic acids is 1. The Morgan fingerprint density at radius 2 is 2.11 bits per heavy atom. The number of nitrogens with one attached hydrogen (secondary N) is 1. The van der Waals surface area contributed by atoms with Crippen LogP contribution in [0.1, 0.15) is 17.3 Å². The number of aromatic carboxylic acids is 1. The van der Waals surface area contributed by atoms with Gasteiger partial charge in [-0.1, -0.05) is 0 Å². The number of benzene rings is 1. The van der Waals surface area contributed by atoms with E-state index in [1.165, 1.54) is 25.3 Å². The van der Waals surface area contributed by atoms with Gasteiger partial charge in [0, 0.05) is 12.6 Å². The third-order valence-corrected chi connectivity index (χ3v) is 2.15. The summed E-state index contributed by atoms with van der Waals surface area (Å²) < 4.78 is 10.2. The van der Waals surface area contributed by atoms with Gasteiger partial charge in [0.05, 0.1) is 7.11 Å². The molecule has 0 saturated carbocycles. The number of hydrogen-bond donors (Lipinski definition) is 2. The van der Waals surface area contributed by atoms with Gasteiger partial charge in [0.1, 0.15) is 17.1 Å². The van der Waals surface area contributed by atoms with Crippen LogP contribution >= 0.6 is 0 Å². The van der Waals surface area contributed by atoms with Crippen LogP contribution in [0.2, 0.25) is 0 Å². The van der Waals surface area contributed by atoms with Crippen molar-refractivity contribution in [1.82, 2.24) is 5.32 Å². The predicted octanol–water partition coefficient (Wildman–Crippen LogP) is 0.908. The van der Waals surface area contributed by atoms with Crippen LogP contribution in [-0.2, 0) is 4.79 Å². The van der Waals surface area contributed by atoms with Gasteiger partial charge in [-0.2, -0.15) is 0 Å². The summed E-state index contributed by atoms with van der Waals surface area (Å²) in [5, 5.41) is 11.5. The van der Waals surface area contributed by atoms with Gasteiger partial charge in [0.25, 0.3) is 5.91 Å².